The smallest absolute Gasteiger partial charge is 0.322 e. The maximum absolute atomic E-state index is 13.5. The number of carbonyl (C=O) groups excluding carboxylic acids is 2. The molecule has 0 unspecified atom stereocenters. The lowest BCUT2D eigenvalue weighted by molar-refractivity contribution is 0.0443. The van der Waals surface area contributed by atoms with Crippen LogP contribution in [0.25, 0.3) is 0 Å². The number of benzene rings is 1. The second-order valence-corrected chi connectivity index (χ2v) is 9.53. The molecule has 188 valence electrons. The molecule has 0 bridgehead atoms. The Morgan fingerprint density at radius 2 is 2.17 bits per heavy atom. The number of amides is 3. The van der Waals surface area contributed by atoms with Crippen LogP contribution >= 0.6 is 23.8 Å². The van der Waals surface area contributed by atoms with E-state index in [4.69, 9.17) is 23.8 Å². The number of fused-ring (bicyclic) bond motifs is 3. The molecule has 2 aliphatic heterocycles. The van der Waals surface area contributed by atoms with Crippen molar-refractivity contribution < 1.29 is 27.9 Å². The van der Waals surface area contributed by atoms with Gasteiger partial charge in [0.2, 0.25) is 0 Å². The van der Waals surface area contributed by atoms with Gasteiger partial charge in [0.15, 0.2) is 0 Å². The van der Waals surface area contributed by atoms with Crippen molar-refractivity contribution in [1.82, 2.24) is 19.6 Å². The molecular formula is C22H23ClF3N5O3S. The first-order valence-electron chi connectivity index (χ1n) is 10.8. The normalized spacial score (nSPS) is 22.0. The van der Waals surface area contributed by atoms with E-state index in [0.717, 1.165) is 11.0 Å². The molecule has 4 rings (SSSR count). The quantitative estimate of drug-likeness (QED) is 0.580. The SMILES string of the molecule is C[C@@H]1Cc2nn3c(c2CN1C(=O)Nc1ccc(F)c(Cl)c1)C(=O)N(CC(F)F)C[C@](C=S)(CO)C3. The van der Waals surface area contributed by atoms with Gasteiger partial charge in [-0.3, -0.25) is 9.48 Å². The molecule has 0 spiro atoms. The first kappa shape index (κ1) is 25.4. The van der Waals surface area contributed by atoms with E-state index in [1.807, 2.05) is 6.92 Å². The average molecular weight is 530 g/mol. The summed E-state index contributed by atoms with van der Waals surface area (Å²) in [6.07, 6.45) is -2.46. The van der Waals surface area contributed by atoms with Crippen LogP contribution in [0.5, 0.6) is 0 Å². The van der Waals surface area contributed by atoms with Crippen LogP contribution < -0.4 is 5.32 Å². The van der Waals surface area contributed by atoms with Crippen molar-refractivity contribution in [2.24, 2.45) is 5.41 Å². The van der Waals surface area contributed by atoms with Gasteiger partial charge in [-0.15, -0.1) is 0 Å². The molecule has 0 saturated carbocycles. The fraction of sp³-hybridized carbons (Fsp3) is 0.455. The minimum atomic E-state index is -2.78. The van der Waals surface area contributed by atoms with E-state index >= 15 is 0 Å². The number of thiocarbonyl (C=S) groups is 1. The van der Waals surface area contributed by atoms with Gasteiger partial charge in [-0.05, 0) is 30.5 Å². The minimum absolute atomic E-state index is 0.00453. The number of halogens is 4. The molecule has 0 aliphatic carbocycles. The van der Waals surface area contributed by atoms with Crippen LogP contribution in [0.3, 0.4) is 0 Å². The van der Waals surface area contributed by atoms with Crippen LogP contribution in [-0.2, 0) is 19.5 Å². The van der Waals surface area contributed by atoms with Crippen LogP contribution in [-0.4, -0.2) is 74.2 Å². The second-order valence-electron chi connectivity index (χ2n) is 8.89. The Hall–Kier alpha value is -2.70. The number of alkyl halides is 2. The summed E-state index contributed by atoms with van der Waals surface area (Å²) in [5.74, 6) is -1.28. The van der Waals surface area contributed by atoms with E-state index in [1.54, 1.807) is 0 Å². The van der Waals surface area contributed by atoms with Crippen molar-refractivity contribution in [1.29, 1.82) is 0 Å². The number of anilines is 1. The average Bonchev–Trinajstić information content (AvgIpc) is 3.09. The zero-order chi connectivity index (χ0) is 25.5. The van der Waals surface area contributed by atoms with Crippen LogP contribution in [0.1, 0.15) is 28.7 Å². The highest BCUT2D eigenvalue weighted by molar-refractivity contribution is 7.79. The lowest BCUT2D eigenvalue weighted by atomic mass is 9.91. The predicted octanol–water partition coefficient (Wildman–Crippen LogP) is 3.35. The molecule has 0 saturated heterocycles. The summed E-state index contributed by atoms with van der Waals surface area (Å²) in [5.41, 5.74) is 0.302. The van der Waals surface area contributed by atoms with E-state index < -0.39 is 42.7 Å². The molecule has 2 aliphatic rings. The highest BCUT2D eigenvalue weighted by Crippen LogP contribution is 2.33. The van der Waals surface area contributed by atoms with Crippen LogP contribution in [0, 0.1) is 11.2 Å². The third kappa shape index (κ3) is 4.87. The second kappa shape index (κ2) is 9.75. The van der Waals surface area contributed by atoms with Crippen LogP contribution in [0.4, 0.5) is 23.7 Å². The van der Waals surface area contributed by atoms with Crippen molar-refractivity contribution in [2.45, 2.75) is 38.9 Å². The summed E-state index contributed by atoms with van der Waals surface area (Å²) < 4.78 is 41.5. The summed E-state index contributed by atoms with van der Waals surface area (Å²) in [4.78, 5) is 28.9. The largest absolute Gasteiger partial charge is 0.395 e. The Kier molecular flexibility index (Phi) is 7.07. The fourth-order valence-corrected chi connectivity index (χ4v) is 4.87. The van der Waals surface area contributed by atoms with Gasteiger partial charge in [0.25, 0.3) is 12.3 Å². The van der Waals surface area contributed by atoms with Gasteiger partial charge in [-0.25, -0.2) is 18.0 Å². The number of nitrogens with zero attached hydrogens (tertiary/aromatic N) is 4. The number of aliphatic hydroxyl groups is 1. The molecule has 1 aromatic carbocycles. The fourth-order valence-electron chi connectivity index (χ4n) is 4.47. The Labute approximate surface area is 209 Å². The van der Waals surface area contributed by atoms with Crippen molar-refractivity contribution in [3.8, 4) is 0 Å². The summed E-state index contributed by atoms with van der Waals surface area (Å²) in [5, 5.41) is 18.4. The third-order valence-corrected chi connectivity index (χ3v) is 7.09. The highest BCUT2D eigenvalue weighted by Gasteiger charge is 2.42. The van der Waals surface area contributed by atoms with E-state index in [-0.39, 0.29) is 36.4 Å². The van der Waals surface area contributed by atoms with Gasteiger partial charge < -0.3 is 20.2 Å². The summed E-state index contributed by atoms with van der Waals surface area (Å²) in [6, 6.07) is 2.98. The molecule has 35 heavy (non-hydrogen) atoms. The highest BCUT2D eigenvalue weighted by atomic mass is 35.5. The third-order valence-electron chi connectivity index (χ3n) is 6.30. The molecular weight excluding hydrogens is 507 g/mol. The molecule has 3 heterocycles. The standard InChI is InChI=1S/C22H23ClF3N5O3S/c1-12-4-17-14(6-30(12)21(34)27-13-2-3-16(24)15(23)5-13)19-20(33)29(7-18(25)26)8-22(10-32,11-35)9-31(19)28-17/h2-3,5,11-12,18,32H,4,6-10H2,1H3,(H,27,34)/t12-,22-/m1/s1. The van der Waals surface area contributed by atoms with Crippen molar-refractivity contribution in [3.05, 3.63) is 46.0 Å². The molecule has 0 radical (unpaired) electrons. The molecule has 0 fully saturated rings. The maximum atomic E-state index is 13.5. The van der Waals surface area contributed by atoms with Crippen LogP contribution in [0.2, 0.25) is 5.02 Å². The number of aliphatic hydroxyl groups excluding tert-OH is 1. The molecule has 2 aromatic rings. The first-order valence-corrected chi connectivity index (χ1v) is 11.7. The number of nitrogens with one attached hydrogen (secondary N) is 1. The molecule has 2 N–H and O–H groups in total. The Morgan fingerprint density at radius 3 is 2.80 bits per heavy atom. The van der Waals surface area contributed by atoms with Gasteiger partial charge in [0.05, 0.1) is 42.4 Å². The topological polar surface area (TPSA) is 90.7 Å². The van der Waals surface area contributed by atoms with E-state index in [9.17, 15) is 27.9 Å². The maximum Gasteiger partial charge on any atom is 0.322 e. The Bertz CT molecular complexity index is 1180. The van der Waals surface area contributed by atoms with Gasteiger partial charge in [0.1, 0.15) is 11.5 Å². The zero-order valence-electron chi connectivity index (χ0n) is 18.7. The van der Waals surface area contributed by atoms with Crippen molar-refractivity contribution in [2.75, 3.05) is 25.0 Å². The molecule has 2 atom stereocenters. The number of carbonyl (C=O) groups is 2. The van der Waals surface area contributed by atoms with E-state index in [1.165, 1.54) is 27.1 Å². The minimum Gasteiger partial charge on any atom is -0.395 e. The monoisotopic (exact) mass is 529 g/mol. The molecule has 8 nitrogen and oxygen atoms in total. The number of urea groups is 1. The van der Waals surface area contributed by atoms with Crippen molar-refractivity contribution in [3.63, 3.8) is 0 Å². The van der Waals surface area contributed by atoms with Gasteiger partial charge in [0, 0.05) is 30.3 Å². The number of hydrogen-bond acceptors (Lipinski definition) is 5. The van der Waals surface area contributed by atoms with Crippen LogP contribution in [0.15, 0.2) is 18.2 Å². The number of hydrogen-bond donors (Lipinski definition) is 2. The molecule has 1 aromatic heterocycles. The summed E-state index contributed by atoms with van der Waals surface area (Å²) in [7, 11) is 0. The zero-order valence-corrected chi connectivity index (χ0v) is 20.3. The Balaban J connectivity index is 1.67. The lowest BCUT2D eigenvalue weighted by Crippen LogP contribution is -2.46. The Morgan fingerprint density at radius 1 is 1.43 bits per heavy atom. The van der Waals surface area contributed by atoms with E-state index in [2.05, 4.69) is 10.4 Å². The van der Waals surface area contributed by atoms with E-state index in [0.29, 0.717) is 23.4 Å². The molecule has 3 amide bonds. The van der Waals surface area contributed by atoms with Gasteiger partial charge in [-0.2, -0.15) is 5.10 Å². The van der Waals surface area contributed by atoms with Gasteiger partial charge in [-0.1, -0.05) is 23.8 Å². The number of aromatic nitrogens is 2. The summed E-state index contributed by atoms with van der Waals surface area (Å²) >= 11 is 10.9. The predicted molar refractivity (Wildman–Crippen MR) is 126 cm³/mol. The van der Waals surface area contributed by atoms with Crippen molar-refractivity contribution >= 4 is 46.8 Å². The lowest BCUT2D eigenvalue weighted by Gasteiger charge is -2.34. The van der Waals surface area contributed by atoms with Gasteiger partial charge >= 0.3 is 6.03 Å². The molecule has 13 heteroatoms. The first-order chi connectivity index (χ1) is 16.6. The number of rotatable bonds is 5. The summed E-state index contributed by atoms with van der Waals surface area (Å²) in [6.45, 7) is 0.402.